The van der Waals surface area contributed by atoms with Crippen molar-refractivity contribution in [1.82, 2.24) is 4.57 Å². The van der Waals surface area contributed by atoms with Crippen LogP contribution in [0.1, 0.15) is 10.5 Å². The number of carbonyl (C=O) groups is 1. The summed E-state index contributed by atoms with van der Waals surface area (Å²) < 4.78 is 2.14. The number of hydrogen-bond donors (Lipinski definition) is 0. The van der Waals surface area contributed by atoms with Crippen LogP contribution >= 0.6 is 0 Å². The third-order valence-corrected chi connectivity index (χ3v) is 4.49. The van der Waals surface area contributed by atoms with Gasteiger partial charge in [-0.3, -0.25) is 4.79 Å². The van der Waals surface area contributed by atoms with Crippen LogP contribution in [0.15, 0.2) is 41.6 Å². The van der Waals surface area contributed by atoms with Gasteiger partial charge >= 0.3 is 0 Å². The van der Waals surface area contributed by atoms with Crippen LogP contribution in [0.3, 0.4) is 0 Å². The van der Waals surface area contributed by atoms with Crippen molar-refractivity contribution in [2.24, 2.45) is 0 Å². The smallest absolute Gasteiger partial charge is 0.206 e. The third-order valence-electron chi connectivity index (χ3n) is 3.27. The molecule has 0 unspecified atom stereocenters. The molecule has 0 saturated carbocycles. The Morgan fingerprint density at radius 2 is 1.94 bits per heavy atom. The minimum Gasteiger partial charge on any atom is -0.333 e. The van der Waals surface area contributed by atoms with Gasteiger partial charge < -0.3 is 4.57 Å². The highest BCUT2D eigenvalue weighted by Gasteiger charge is 2.28. The Morgan fingerprint density at radius 1 is 1.22 bits per heavy atom. The van der Waals surface area contributed by atoms with Crippen LogP contribution in [-0.2, 0) is 6.54 Å². The Morgan fingerprint density at radius 3 is 2.67 bits per heavy atom. The van der Waals surface area contributed by atoms with Crippen molar-refractivity contribution in [3.05, 3.63) is 47.3 Å². The number of allylic oxidation sites excluding steroid dienone is 1. The van der Waals surface area contributed by atoms with E-state index in [1.165, 1.54) is 5.52 Å². The molecule has 0 radical (unpaired) electrons. The molecule has 18 heavy (non-hydrogen) atoms. The zero-order valence-electron chi connectivity index (χ0n) is 11.0. The molecule has 2 aromatic rings. The van der Waals surface area contributed by atoms with E-state index in [1.807, 2.05) is 18.2 Å². The summed E-state index contributed by atoms with van der Waals surface area (Å²) in [5, 5.41) is 1.16. The molecule has 2 nitrogen and oxygen atoms in total. The summed E-state index contributed by atoms with van der Waals surface area (Å²) in [7, 11) is -1.34. The monoisotopic (exact) mass is 255 g/mol. The molecular formula is C15H17NOSi. The maximum absolute atomic E-state index is 12.4. The molecule has 1 aromatic carbocycles. The van der Waals surface area contributed by atoms with Crippen LogP contribution in [0.2, 0.25) is 19.6 Å². The molecule has 3 heteroatoms. The van der Waals surface area contributed by atoms with E-state index in [0.717, 1.165) is 23.2 Å². The topological polar surface area (TPSA) is 22.0 Å². The van der Waals surface area contributed by atoms with Gasteiger partial charge in [0.15, 0.2) is 0 Å². The summed E-state index contributed by atoms with van der Waals surface area (Å²) in [4.78, 5) is 12.4. The average Bonchev–Trinajstić information content (AvgIpc) is 2.77. The van der Waals surface area contributed by atoms with Crippen LogP contribution < -0.4 is 0 Å². The molecular weight excluding hydrogens is 238 g/mol. The number of nitrogens with zero attached hydrogens (tertiary/aromatic N) is 1. The van der Waals surface area contributed by atoms with Crippen LogP contribution in [0.25, 0.3) is 10.9 Å². The fraction of sp³-hybridized carbons (Fsp3) is 0.267. The van der Waals surface area contributed by atoms with Gasteiger partial charge in [-0.25, -0.2) is 0 Å². The van der Waals surface area contributed by atoms with Crippen molar-refractivity contribution in [2.75, 3.05) is 0 Å². The minimum absolute atomic E-state index is 0.216. The van der Waals surface area contributed by atoms with Gasteiger partial charge in [0.05, 0.1) is 20.3 Å². The first kappa shape index (κ1) is 11.5. The highest BCUT2D eigenvalue weighted by atomic mass is 28.3. The molecule has 0 amide bonds. The fourth-order valence-electron chi connectivity index (χ4n) is 2.61. The number of Topliss-reactive ketones (excluding diaryl/α,β-unsaturated/α-hetero) is 1. The number of para-hydroxylation sites is 1. The molecule has 1 aromatic heterocycles. The molecule has 0 bridgehead atoms. The molecule has 3 rings (SSSR count). The van der Waals surface area contributed by atoms with Crippen molar-refractivity contribution in [2.45, 2.75) is 26.2 Å². The first-order valence-corrected chi connectivity index (χ1v) is 9.88. The van der Waals surface area contributed by atoms with Crippen LogP contribution in [0.5, 0.6) is 0 Å². The van der Waals surface area contributed by atoms with Gasteiger partial charge in [0.25, 0.3) is 0 Å². The van der Waals surface area contributed by atoms with Crippen molar-refractivity contribution in [1.29, 1.82) is 0 Å². The van der Waals surface area contributed by atoms with E-state index in [2.05, 4.69) is 42.0 Å². The second kappa shape index (κ2) is 3.69. The Hall–Kier alpha value is -1.61. The lowest BCUT2D eigenvalue weighted by Crippen LogP contribution is -2.18. The number of fused-ring (bicyclic) bond motifs is 3. The Labute approximate surface area is 108 Å². The first-order chi connectivity index (χ1) is 8.46. The highest BCUT2D eigenvalue weighted by molar-refractivity contribution is 6.81. The maximum atomic E-state index is 12.4. The van der Waals surface area contributed by atoms with Gasteiger partial charge in [-0.2, -0.15) is 0 Å². The van der Waals surface area contributed by atoms with E-state index in [-0.39, 0.29) is 5.78 Å². The normalized spacial score (nSPS) is 17.7. The predicted molar refractivity (Wildman–Crippen MR) is 77.7 cm³/mol. The Balaban J connectivity index is 2.13. The Kier molecular flexibility index (Phi) is 2.35. The van der Waals surface area contributed by atoms with Gasteiger partial charge in [-0.15, -0.1) is 0 Å². The van der Waals surface area contributed by atoms with Crippen LogP contribution in [0.4, 0.5) is 0 Å². The fourth-order valence-corrected chi connectivity index (χ4v) is 3.88. The van der Waals surface area contributed by atoms with E-state index in [0.29, 0.717) is 0 Å². The zero-order chi connectivity index (χ0) is 12.9. The van der Waals surface area contributed by atoms with E-state index in [1.54, 1.807) is 0 Å². The highest BCUT2D eigenvalue weighted by Crippen LogP contribution is 2.29. The van der Waals surface area contributed by atoms with Crippen molar-refractivity contribution in [3.63, 3.8) is 0 Å². The molecule has 0 N–H and O–H groups in total. The summed E-state index contributed by atoms with van der Waals surface area (Å²) in [5.74, 6) is 0.216. The second-order valence-electron chi connectivity index (χ2n) is 6.04. The molecule has 0 spiro atoms. The third kappa shape index (κ3) is 1.75. The predicted octanol–water partition coefficient (Wildman–Crippen LogP) is 3.64. The van der Waals surface area contributed by atoms with Crippen LogP contribution in [-0.4, -0.2) is 18.4 Å². The molecule has 0 fully saturated rings. The van der Waals surface area contributed by atoms with E-state index < -0.39 is 8.07 Å². The lowest BCUT2D eigenvalue weighted by Gasteiger charge is -2.10. The number of benzene rings is 1. The number of aromatic nitrogens is 1. The van der Waals surface area contributed by atoms with Crippen molar-refractivity contribution in [3.8, 4) is 0 Å². The zero-order valence-corrected chi connectivity index (χ0v) is 12.0. The molecule has 1 aliphatic heterocycles. The van der Waals surface area contributed by atoms with E-state index in [9.17, 15) is 4.79 Å². The second-order valence-corrected chi connectivity index (χ2v) is 11.1. The summed E-state index contributed by atoms with van der Waals surface area (Å²) in [6, 6.07) is 10.2. The lowest BCUT2D eigenvalue weighted by molar-refractivity contribution is 0.103. The summed E-state index contributed by atoms with van der Waals surface area (Å²) >= 11 is 0. The van der Waals surface area contributed by atoms with E-state index >= 15 is 0 Å². The van der Waals surface area contributed by atoms with Gasteiger partial charge in [0, 0.05) is 16.5 Å². The average molecular weight is 255 g/mol. The van der Waals surface area contributed by atoms with Gasteiger partial charge in [0.1, 0.15) is 0 Å². The van der Waals surface area contributed by atoms with Crippen molar-refractivity contribution >= 4 is 24.8 Å². The van der Waals surface area contributed by atoms with Gasteiger partial charge in [-0.05, 0) is 12.1 Å². The lowest BCUT2D eigenvalue weighted by atomic mass is 10.1. The maximum Gasteiger partial charge on any atom is 0.206 e. The summed E-state index contributed by atoms with van der Waals surface area (Å²) in [6.45, 7) is 7.53. The molecule has 92 valence electrons. The van der Waals surface area contributed by atoms with Gasteiger partial charge in [0.2, 0.25) is 5.78 Å². The summed E-state index contributed by atoms with van der Waals surface area (Å²) in [5.41, 5.74) is 5.23. The quantitative estimate of drug-likeness (QED) is 0.563. The molecule has 0 aliphatic carbocycles. The Bertz CT molecular complexity index is 673. The molecule has 2 heterocycles. The van der Waals surface area contributed by atoms with Crippen molar-refractivity contribution < 1.29 is 4.79 Å². The molecule has 0 saturated heterocycles. The number of hydrogen-bond acceptors (Lipinski definition) is 1. The first-order valence-electron chi connectivity index (χ1n) is 6.30. The van der Waals surface area contributed by atoms with Gasteiger partial charge in [-0.1, -0.05) is 43.5 Å². The largest absolute Gasteiger partial charge is 0.333 e. The molecule has 0 atom stereocenters. The van der Waals surface area contributed by atoms with Crippen LogP contribution in [0, 0.1) is 0 Å². The standard InChI is InChI=1S/C15H17NOSi/c1-18(2,3)10-12-9-16-13-7-5-4-6-11(13)8-14(16)15(12)17/h4-8,10H,9H2,1-3H3. The number of rotatable bonds is 1. The number of carbonyl (C=O) groups excluding carboxylic acids is 1. The molecule has 1 aliphatic rings. The summed E-state index contributed by atoms with van der Waals surface area (Å²) in [6.07, 6.45) is 0. The van der Waals surface area contributed by atoms with E-state index in [4.69, 9.17) is 0 Å². The number of ketones is 1. The minimum atomic E-state index is -1.34. The SMILES string of the molecule is C[Si](C)(C)C=C1Cn2c(cc3ccccc32)C1=O.